The molecule has 4 amide bonds. The Balaban J connectivity index is 1.36. The van der Waals surface area contributed by atoms with Gasteiger partial charge >= 0.3 is 6.03 Å². The highest BCUT2D eigenvalue weighted by molar-refractivity contribution is 6.19. The van der Waals surface area contributed by atoms with Crippen molar-refractivity contribution >= 4 is 23.5 Å². The van der Waals surface area contributed by atoms with Crippen LogP contribution < -0.4 is 9.64 Å². The summed E-state index contributed by atoms with van der Waals surface area (Å²) in [6.07, 6.45) is 2.82. The Morgan fingerprint density at radius 3 is 2.39 bits per heavy atom. The Bertz CT molecular complexity index is 953. The van der Waals surface area contributed by atoms with Crippen molar-refractivity contribution in [3.63, 3.8) is 0 Å². The van der Waals surface area contributed by atoms with Gasteiger partial charge < -0.3 is 14.5 Å². The Hall–Kier alpha value is -3.42. The maximum atomic E-state index is 12.9. The van der Waals surface area contributed by atoms with E-state index in [1.807, 2.05) is 19.9 Å². The van der Waals surface area contributed by atoms with E-state index in [4.69, 9.17) is 4.74 Å². The highest BCUT2D eigenvalue weighted by Crippen LogP contribution is 2.26. The van der Waals surface area contributed by atoms with E-state index in [-0.39, 0.29) is 36.5 Å². The van der Waals surface area contributed by atoms with Crippen LogP contribution in [-0.4, -0.2) is 64.4 Å². The molecule has 2 aromatic rings. The summed E-state index contributed by atoms with van der Waals surface area (Å²) in [5, 5.41) is 0. The van der Waals surface area contributed by atoms with E-state index in [9.17, 15) is 14.4 Å². The second-order valence-electron chi connectivity index (χ2n) is 8.05. The number of piperidine rings is 1. The van der Waals surface area contributed by atoms with Gasteiger partial charge in [0.15, 0.2) is 0 Å². The summed E-state index contributed by atoms with van der Waals surface area (Å²) >= 11 is 0. The smallest absolute Gasteiger partial charge is 0.332 e. The third-order valence-electron chi connectivity index (χ3n) is 5.54. The quantitative estimate of drug-likeness (QED) is 0.692. The molecule has 0 atom stereocenters. The van der Waals surface area contributed by atoms with Crippen LogP contribution >= 0.6 is 0 Å². The van der Waals surface area contributed by atoms with Gasteiger partial charge in [0.05, 0.1) is 17.4 Å². The summed E-state index contributed by atoms with van der Waals surface area (Å²) in [7, 11) is 0. The molecule has 0 unspecified atom stereocenters. The largest absolute Gasteiger partial charge is 0.475 e. The molecule has 1 aromatic heterocycles. The number of pyridine rings is 1. The fourth-order valence-corrected chi connectivity index (χ4v) is 4.02. The molecule has 0 aliphatic carbocycles. The first-order valence-electron chi connectivity index (χ1n) is 10.5. The number of urea groups is 1. The standard InChI is InChI=1S/C23H26N4O4/c1-16(2)31-20-9-8-17(14-24-20)22(29)25-12-10-18(11-13-25)26-15-21(28)27(23(26)30)19-6-4-3-5-7-19/h3-9,14,16,18H,10-13,15H2,1-2H3. The zero-order valence-electron chi connectivity index (χ0n) is 17.7. The van der Waals surface area contributed by atoms with Crippen molar-refractivity contribution in [2.24, 2.45) is 0 Å². The number of hydrogen-bond acceptors (Lipinski definition) is 5. The predicted molar refractivity (Wildman–Crippen MR) is 115 cm³/mol. The predicted octanol–water partition coefficient (Wildman–Crippen LogP) is 2.94. The minimum absolute atomic E-state index is 0.0195. The maximum absolute atomic E-state index is 12.9. The molecule has 2 aliphatic rings. The second-order valence-corrected chi connectivity index (χ2v) is 8.05. The molecule has 2 aliphatic heterocycles. The van der Waals surface area contributed by atoms with Crippen LogP contribution in [0.2, 0.25) is 0 Å². The minimum Gasteiger partial charge on any atom is -0.475 e. The molecule has 4 rings (SSSR count). The van der Waals surface area contributed by atoms with E-state index in [0.717, 1.165) is 0 Å². The van der Waals surface area contributed by atoms with Crippen molar-refractivity contribution in [3.8, 4) is 5.88 Å². The van der Waals surface area contributed by atoms with Crippen molar-refractivity contribution < 1.29 is 19.1 Å². The first kappa shape index (κ1) is 20.8. The SMILES string of the molecule is CC(C)Oc1ccc(C(=O)N2CCC(N3CC(=O)N(c4ccccc4)C3=O)CC2)cn1. The molecule has 31 heavy (non-hydrogen) atoms. The molecule has 1 aromatic carbocycles. The van der Waals surface area contributed by atoms with Gasteiger partial charge in [-0.2, -0.15) is 0 Å². The van der Waals surface area contributed by atoms with E-state index < -0.39 is 0 Å². The molecule has 2 saturated heterocycles. The Kier molecular flexibility index (Phi) is 5.88. The van der Waals surface area contributed by atoms with Gasteiger partial charge in [-0.1, -0.05) is 18.2 Å². The first-order chi connectivity index (χ1) is 14.9. The van der Waals surface area contributed by atoms with Crippen LogP contribution in [0.25, 0.3) is 0 Å². The van der Waals surface area contributed by atoms with Crippen LogP contribution in [0.1, 0.15) is 37.0 Å². The van der Waals surface area contributed by atoms with Crippen molar-refractivity contribution in [2.75, 3.05) is 24.5 Å². The van der Waals surface area contributed by atoms with Gasteiger partial charge in [-0.15, -0.1) is 0 Å². The number of amides is 4. The minimum atomic E-state index is -0.286. The van der Waals surface area contributed by atoms with Crippen LogP contribution in [0.4, 0.5) is 10.5 Å². The molecular weight excluding hydrogens is 396 g/mol. The summed E-state index contributed by atoms with van der Waals surface area (Å²) in [4.78, 5) is 47.0. The van der Waals surface area contributed by atoms with Gasteiger partial charge in [0.2, 0.25) is 5.88 Å². The maximum Gasteiger partial charge on any atom is 0.332 e. The van der Waals surface area contributed by atoms with Crippen LogP contribution in [0, 0.1) is 0 Å². The number of rotatable bonds is 5. The number of nitrogens with zero attached hydrogens (tertiary/aromatic N) is 4. The Labute approximate surface area is 181 Å². The van der Waals surface area contributed by atoms with E-state index in [2.05, 4.69) is 4.98 Å². The van der Waals surface area contributed by atoms with Gasteiger partial charge in [0.1, 0.15) is 6.54 Å². The zero-order chi connectivity index (χ0) is 22.0. The number of likely N-dealkylation sites (tertiary alicyclic amines) is 1. The summed E-state index contributed by atoms with van der Waals surface area (Å²) in [5.41, 5.74) is 1.10. The molecule has 2 fully saturated rings. The molecule has 0 bridgehead atoms. The lowest BCUT2D eigenvalue weighted by molar-refractivity contribution is -0.116. The normalized spacial score (nSPS) is 17.6. The van der Waals surface area contributed by atoms with Gasteiger partial charge in [-0.05, 0) is 44.9 Å². The first-order valence-corrected chi connectivity index (χ1v) is 10.5. The van der Waals surface area contributed by atoms with Crippen molar-refractivity contribution in [3.05, 3.63) is 54.2 Å². The summed E-state index contributed by atoms with van der Waals surface area (Å²) in [5.74, 6) is 0.187. The number of carbonyl (C=O) groups excluding carboxylic acids is 3. The van der Waals surface area contributed by atoms with Crippen molar-refractivity contribution in [1.29, 1.82) is 0 Å². The van der Waals surface area contributed by atoms with Crippen molar-refractivity contribution in [1.82, 2.24) is 14.8 Å². The van der Waals surface area contributed by atoms with Crippen LogP contribution in [0.5, 0.6) is 5.88 Å². The number of hydrogen-bond donors (Lipinski definition) is 0. The van der Waals surface area contributed by atoms with Crippen LogP contribution in [0.3, 0.4) is 0 Å². The van der Waals surface area contributed by atoms with Gasteiger partial charge in [0, 0.05) is 31.4 Å². The number of carbonyl (C=O) groups is 3. The average molecular weight is 422 g/mol. The molecule has 3 heterocycles. The van der Waals surface area contributed by atoms with Crippen molar-refractivity contribution in [2.45, 2.75) is 38.8 Å². The van der Waals surface area contributed by atoms with E-state index >= 15 is 0 Å². The number of ether oxygens (including phenoxy) is 1. The van der Waals surface area contributed by atoms with E-state index in [0.29, 0.717) is 43.1 Å². The van der Waals surface area contributed by atoms with Crippen LogP contribution in [0.15, 0.2) is 48.7 Å². The van der Waals surface area contributed by atoms with E-state index in [1.165, 1.54) is 11.1 Å². The summed E-state index contributed by atoms with van der Waals surface area (Å²) < 4.78 is 5.52. The third-order valence-corrected chi connectivity index (χ3v) is 5.54. The summed E-state index contributed by atoms with van der Waals surface area (Å²) in [6.45, 7) is 4.97. The lowest BCUT2D eigenvalue weighted by Gasteiger charge is -2.36. The zero-order valence-corrected chi connectivity index (χ0v) is 17.7. The molecule has 8 heteroatoms. The molecule has 0 radical (unpaired) electrons. The molecule has 8 nitrogen and oxygen atoms in total. The second kappa shape index (κ2) is 8.75. The third kappa shape index (κ3) is 4.38. The monoisotopic (exact) mass is 422 g/mol. The number of para-hydroxylation sites is 1. The van der Waals surface area contributed by atoms with Gasteiger partial charge in [-0.3, -0.25) is 9.59 Å². The number of aromatic nitrogens is 1. The molecular formula is C23H26N4O4. The number of imide groups is 1. The summed E-state index contributed by atoms with van der Waals surface area (Å²) in [6, 6.07) is 12.0. The Morgan fingerprint density at radius 2 is 1.77 bits per heavy atom. The molecule has 0 spiro atoms. The fourth-order valence-electron chi connectivity index (χ4n) is 4.02. The lowest BCUT2D eigenvalue weighted by Crippen LogP contribution is -2.48. The highest BCUT2D eigenvalue weighted by Gasteiger charge is 2.41. The molecule has 162 valence electrons. The number of anilines is 1. The molecule has 0 saturated carbocycles. The van der Waals surface area contributed by atoms with Gasteiger partial charge in [-0.25, -0.2) is 14.7 Å². The topological polar surface area (TPSA) is 83.0 Å². The van der Waals surface area contributed by atoms with E-state index in [1.54, 1.807) is 46.2 Å². The van der Waals surface area contributed by atoms with Gasteiger partial charge in [0.25, 0.3) is 11.8 Å². The molecule has 0 N–H and O–H groups in total. The number of benzene rings is 1. The lowest BCUT2D eigenvalue weighted by atomic mass is 10.0. The Morgan fingerprint density at radius 1 is 1.06 bits per heavy atom. The van der Waals surface area contributed by atoms with Crippen LogP contribution in [-0.2, 0) is 4.79 Å². The fraction of sp³-hybridized carbons (Fsp3) is 0.391. The average Bonchev–Trinajstić information content (AvgIpc) is 3.08. The highest BCUT2D eigenvalue weighted by atomic mass is 16.5.